The molecule has 2 N–H and O–H groups in total. The minimum atomic E-state index is -0.777. The predicted octanol–water partition coefficient (Wildman–Crippen LogP) is 3.52. The van der Waals surface area contributed by atoms with Crippen LogP contribution in [0.3, 0.4) is 0 Å². The summed E-state index contributed by atoms with van der Waals surface area (Å²) < 4.78 is 0. The summed E-state index contributed by atoms with van der Waals surface area (Å²) in [6.45, 7) is 3.95. The van der Waals surface area contributed by atoms with Crippen LogP contribution in [0.5, 0.6) is 0 Å². The number of carbonyl (C=O) groups is 1. The number of para-hydroxylation sites is 1. The van der Waals surface area contributed by atoms with E-state index in [1.807, 2.05) is 38.1 Å². The average molecular weight is 276 g/mol. The molecule has 0 fully saturated rings. The van der Waals surface area contributed by atoms with E-state index in [9.17, 15) is 4.79 Å². The first-order valence-electron chi connectivity index (χ1n) is 6.07. The lowest BCUT2D eigenvalue weighted by atomic mass is 10.2. The van der Waals surface area contributed by atoms with Gasteiger partial charge in [-0.05, 0) is 31.9 Å². The van der Waals surface area contributed by atoms with Gasteiger partial charge >= 0.3 is 5.97 Å². The van der Waals surface area contributed by atoms with Crippen molar-refractivity contribution >= 4 is 28.1 Å². The molecule has 2 rings (SSSR count). The average Bonchev–Trinajstić information content (AvgIpc) is 2.70. The maximum absolute atomic E-state index is 10.6. The molecule has 0 amide bonds. The van der Waals surface area contributed by atoms with Gasteiger partial charge in [-0.25, -0.2) is 4.98 Å². The van der Waals surface area contributed by atoms with Crippen LogP contribution in [0.15, 0.2) is 24.3 Å². The molecule has 0 radical (unpaired) electrons. The highest BCUT2D eigenvalue weighted by molar-refractivity contribution is 7.15. The summed E-state index contributed by atoms with van der Waals surface area (Å²) in [6.07, 6.45) is 0.682. The number of nitrogens with one attached hydrogen (secondary N) is 1. The van der Waals surface area contributed by atoms with Crippen LogP contribution in [-0.2, 0) is 11.2 Å². The van der Waals surface area contributed by atoms with Crippen molar-refractivity contribution in [3.8, 4) is 0 Å². The van der Waals surface area contributed by atoms with Crippen LogP contribution < -0.4 is 5.32 Å². The minimum Gasteiger partial charge on any atom is -0.481 e. The molecule has 4 nitrogen and oxygen atoms in total. The number of anilines is 2. The van der Waals surface area contributed by atoms with Crippen LogP contribution in [0.1, 0.15) is 22.6 Å². The van der Waals surface area contributed by atoms with E-state index >= 15 is 0 Å². The molecule has 0 aliphatic rings. The molecular formula is C14H16N2O2S. The molecule has 1 aromatic carbocycles. The zero-order chi connectivity index (χ0) is 13.8. The van der Waals surface area contributed by atoms with Crippen molar-refractivity contribution < 1.29 is 9.90 Å². The summed E-state index contributed by atoms with van der Waals surface area (Å²) in [4.78, 5) is 16.1. The summed E-state index contributed by atoms with van der Waals surface area (Å²) in [5, 5.41) is 12.8. The fourth-order valence-corrected chi connectivity index (χ4v) is 2.74. The van der Waals surface area contributed by atoms with Gasteiger partial charge in [-0.2, -0.15) is 0 Å². The van der Waals surface area contributed by atoms with Crippen LogP contribution in [-0.4, -0.2) is 16.1 Å². The Bertz CT molecular complexity index is 593. The van der Waals surface area contributed by atoms with Gasteiger partial charge in [0.25, 0.3) is 0 Å². The second-order valence-corrected chi connectivity index (χ2v) is 5.44. The second-order valence-electron chi connectivity index (χ2n) is 4.36. The highest BCUT2D eigenvalue weighted by atomic mass is 32.1. The summed E-state index contributed by atoms with van der Waals surface area (Å²) in [5.74, 6) is -0.777. The van der Waals surface area contributed by atoms with Gasteiger partial charge in [-0.3, -0.25) is 4.79 Å². The molecule has 0 saturated carbocycles. The Kier molecular flexibility index (Phi) is 4.16. The molecule has 0 saturated heterocycles. The molecule has 100 valence electrons. The van der Waals surface area contributed by atoms with Crippen molar-refractivity contribution in [2.75, 3.05) is 5.32 Å². The van der Waals surface area contributed by atoms with Crippen molar-refractivity contribution in [1.29, 1.82) is 0 Å². The molecule has 0 atom stereocenters. The molecule has 19 heavy (non-hydrogen) atoms. The first kappa shape index (κ1) is 13.5. The molecule has 0 bridgehead atoms. The Morgan fingerprint density at radius 1 is 1.37 bits per heavy atom. The first-order valence-corrected chi connectivity index (χ1v) is 6.88. The van der Waals surface area contributed by atoms with E-state index in [1.54, 1.807) is 0 Å². The molecule has 0 aliphatic carbocycles. The summed E-state index contributed by atoms with van der Waals surface area (Å²) >= 11 is 1.52. The van der Waals surface area contributed by atoms with Gasteiger partial charge < -0.3 is 10.4 Å². The fourth-order valence-electron chi connectivity index (χ4n) is 1.76. The number of benzene rings is 1. The maximum atomic E-state index is 10.6. The summed E-state index contributed by atoms with van der Waals surface area (Å²) in [6, 6.07) is 8.00. The Labute approximate surface area is 116 Å². The Morgan fingerprint density at radius 3 is 2.79 bits per heavy atom. The lowest BCUT2D eigenvalue weighted by Crippen LogP contribution is -1.96. The monoisotopic (exact) mass is 276 g/mol. The molecule has 1 heterocycles. The van der Waals surface area contributed by atoms with E-state index < -0.39 is 5.97 Å². The van der Waals surface area contributed by atoms with E-state index in [4.69, 9.17) is 5.11 Å². The second kappa shape index (κ2) is 5.84. The quantitative estimate of drug-likeness (QED) is 0.877. The Hall–Kier alpha value is -1.88. The smallest absolute Gasteiger partial charge is 0.303 e. The largest absolute Gasteiger partial charge is 0.481 e. The fraction of sp³-hybridized carbons (Fsp3) is 0.286. The number of rotatable bonds is 5. The van der Waals surface area contributed by atoms with Gasteiger partial charge in [-0.15, -0.1) is 11.3 Å². The van der Waals surface area contributed by atoms with Crippen molar-refractivity contribution in [1.82, 2.24) is 4.98 Å². The lowest BCUT2D eigenvalue weighted by Gasteiger charge is -2.05. The lowest BCUT2D eigenvalue weighted by molar-refractivity contribution is -0.136. The molecule has 0 unspecified atom stereocenters. The molecule has 0 spiro atoms. The van der Waals surface area contributed by atoms with Crippen molar-refractivity contribution in [3.05, 3.63) is 40.4 Å². The number of nitrogens with zero attached hydrogens (tertiary/aromatic N) is 1. The third-order valence-electron chi connectivity index (χ3n) is 2.85. The van der Waals surface area contributed by atoms with Gasteiger partial charge in [0.1, 0.15) is 0 Å². The normalized spacial score (nSPS) is 10.4. The SMILES string of the molecule is Cc1ccccc1Nc1nc(C)c(CCC(=O)O)s1. The van der Waals surface area contributed by atoms with Gasteiger partial charge in [0.15, 0.2) is 5.13 Å². The van der Waals surface area contributed by atoms with Crippen molar-refractivity contribution in [2.45, 2.75) is 26.7 Å². The molecule has 2 aromatic rings. The van der Waals surface area contributed by atoms with E-state index in [1.165, 1.54) is 11.3 Å². The number of thiazole rings is 1. The maximum Gasteiger partial charge on any atom is 0.303 e. The number of aromatic nitrogens is 1. The van der Waals surface area contributed by atoms with E-state index in [2.05, 4.69) is 10.3 Å². The van der Waals surface area contributed by atoms with Crippen LogP contribution in [0.4, 0.5) is 10.8 Å². The first-order chi connectivity index (χ1) is 9.06. The van der Waals surface area contributed by atoms with Gasteiger partial charge in [0, 0.05) is 10.6 Å². The highest BCUT2D eigenvalue weighted by Gasteiger charge is 2.10. The number of aryl methyl sites for hydroxylation is 3. The van der Waals surface area contributed by atoms with Crippen LogP contribution >= 0.6 is 11.3 Å². The molecule has 5 heteroatoms. The number of hydrogen-bond acceptors (Lipinski definition) is 4. The van der Waals surface area contributed by atoms with Crippen LogP contribution in [0.25, 0.3) is 0 Å². The Balaban J connectivity index is 2.12. The number of aliphatic carboxylic acids is 1. The van der Waals surface area contributed by atoms with Crippen LogP contribution in [0.2, 0.25) is 0 Å². The van der Waals surface area contributed by atoms with E-state index in [0.29, 0.717) is 6.42 Å². The Morgan fingerprint density at radius 2 is 2.11 bits per heavy atom. The highest BCUT2D eigenvalue weighted by Crippen LogP contribution is 2.27. The molecular weight excluding hydrogens is 260 g/mol. The zero-order valence-corrected chi connectivity index (χ0v) is 11.8. The zero-order valence-electron chi connectivity index (χ0n) is 10.9. The van der Waals surface area contributed by atoms with Crippen LogP contribution in [0, 0.1) is 13.8 Å². The standard InChI is InChI=1S/C14H16N2O2S/c1-9-5-3-4-6-11(9)16-14-15-10(2)12(19-14)7-8-13(17)18/h3-6H,7-8H2,1-2H3,(H,15,16)(H,17,18). The third-order valence-corrected chi connectivity index (χ3v) is 3.98. The third kappa shape index (κ3) is 3.54. The number of hydrogen-bond donors (Lipinski definition) is 2. The van der Waals surface area contributed by atoms with Gasteiger partial charge in [0.05, 0.1) is 12.1 Å². The predicted molar refractivity (Wildman–Crippen MR) is 77.3 cm³/mol. The molecule has 0 aliphatic heterocycles. The van der Waals surface area contributed by atoms with Gasteiger partial charge in [0.2, 0.25) is 0 Å². The minimum absolute atomic E-state index is 0.146. The van der Waals surface area contributed by atoms with E-state index in [0.717, 1.165) is 27.0 Å². The topological polar surface area (TPSA) is 62.2 Å². The van der Waals surface area contributed by atoms with Crippen molar-refractivity contribution in [2.24, 2.45) is 0 Å². The number of carboxylic acids is 1. The summed E-state index contributed by atoms with van der Waals surface area (Å²) in [5.41, 5.74) is 3.09. The molecule has 1 aromatic heterocycles. The van der Waals surface area contributed by atoms with E-state index in [-0.39, 0.29) is 6.42 Å². The summed E-state index contributed by atoms with van der Waals surface area (Å²) in [7, 11) is 0. The van der Waals surface area contributed by atoms with Crippen molar-refractivity contribution in [3.63, 3.8) is 0 Å². The van der Waals surface area contributed by atoms with Gasteiger partial charge in [-0.1, -0.05) is 18.2 Å². The number of carboxylic acid groups (broad SMARTS) is 1.